The van der Waals surface area contributed by atoms with E-state index in [9.17, 15) is 4.39 Å². The fourth-order valence-corrected chi connectivity index (χ4v) is 4.58. The number of thioether (sulfide) groups is 1. The van der Waals surface area contributed by atoms with Crippen LogP contribution in [0.2, 0.25) is 0 Å². The summed E-state index contributed by atoms with van der Waals surface area (Å²) >= 11 is 3.31. The Kier molecular flexibility index (Phi) is 4.55. The standard InChI is InChI=1S/C17H17FN2OS2/c1-9-10(2)23-17-15(9)16(19-11(3)20-17)22-8-12-5-6-14(21-4)13(18)7-12/h5-7H,8H2,1-4H3. The van der Waals surface area contributed by atoms with Crippen molar-refractivity contribution in [1.82, 2.24) is 9.97 Å². The van der Waals surface area contributed by atoms with Crippen molar-refractivity contribution in [2.24, 2.45) is 0 Å². The minimum atomic E-state index is -0.336. The fraction of sp³-hybridized carbons (Fsp3) is 0.294. The molecule has 23 heavy (non-hydrogen) atoms. The van der Waals surface area contributed by atoms with Crippen LogP contribution < -0.4 is 4.74 Å². The lowest BCUT2D eigenvalue weighted by Gasteiger charge is -2.07. The van der Waals surface area contributed by atoms with E-state index < -0.39 is 0 Å². The predicted molar refractivity (Wildman–Crippen MR) is 94.1 cm³/mol. The second-order valence-corrected chi connectivity index (χ2v) is 7.46. The summed E-state index contributed by atoms with van der Waals surface area (Å²) in [7, 11) is 1.47. The lowest BCUT2D eigenvalue weighted by molar-refractivity contribution is 0.386. The summed E-state index contributed by atoms with van der Waals surface area (Å²) in [4.78, 5) is 11.4. The molecule has 0 spiro atoms. The van der Waals surface area contributed by atoms with Crippen LogP contribution in [0, 0.1) is 26.6 Å². The minimum Gasteiger partial charge on any atom is -0.494 e. The van der Waals surface area contributed by atoms with Crippen molar-refractivity contribution in [3.63, 3.8) is 0 Å². The van der Waals surface area contributed by atoms with Gasteiger partial charge in [-0.1, -0.05) is 6.07 Å². The molecular formula is C17H17FN2OS2. The number of thiophene rings is 1. The minimum absolute atomic E-state index is 0.267. The first-order valence-electron chi connectivity index (χ1n) is 7.19. The first-order chi connectivity index (χ1) is 11.0. The van der Waals surface area contributed by atoms with E-state index in [4.69, 9.17) is 4.74 Å². The molecule has 0 bridgehead atoms. The number of rotatable bonds is 4. The molecule has 3 rings (SSSR count). The van der Waals surface area contributed by atoms with Crippen molar-refractivity contribution in [3.8, 4) is 5.75 Å². The lowest BCUT2D eigenvalue weighted by atomic mass is 10.2. The fourth-order valence-electron chi connectivity index (χ4n) is 2.37. The molecule has 0 N–H and O–H groups in total. The number of ether oxygens (including phenoxy) is 1. The molecule has 0 fully saturated rings. The molecule has 6 heteroatoms. The van der Waals surface area contributed by atoms with Gasteiger partial charge >= 0.3 is 0 Å². The zero-order chi connectivity index (χ0) is 16.6. The molecule has 2 heterocycles. The Morgan fingerprint density at radius 3 is 2.70 bits per heavy atom. The average molecular weight is 348 g/mol. The van der Waals surface area contributed by atoms with Gasteiger partial charge in [0.2, 0.25) is 0 Å². The maximum Gasteiger partial charge on any atom is 0.165 e. The number of benzene rings is 1. The molecule has 120 valence electrons. The van der Waals surface area contributed by atoms with Gasteiger partial charge in [0.1, 0.15) is 15.7 Å². The van der Waals surface area contributed by atoms with Gasteiger partial charge in [-0.05, 0) is 44.0 Å². The monoisotopic (exact) mass is 348 g/mol. The van der Waals surface area contributed by atoms with Gasteiger partial charge in [-0.25, -0.2) is 14.4 Å². The topological polar surface area (TPSA) is 35.0 Å². The van der Waals surface area contributed by atoms with Gasteiger partial charge < -0.3 is 4.74 Å². The van der Waals surface area contributed by atoms with Crippen molar-refractivity contribution in [1.29, 1.82) is 0 Å². The maximum atomic E-state index is 13.8. The van der Waals surface area contributed by atoms with Gasteiger partial charge in [0.05, 0.1) is 7.11 Å². The number of hydrogen-bond acceptors (Lipinski definition) is 5. The highest BCUT2D eigenvalue weighted by Gasteiger charge is 2.14. The van der Waals surface area contributed by atoms with E-state index in [1.165, 1.54) is 23.6 Å². The second-order valence-electron chi connectivity index (χ2n) is 5.30. The molecule has 0 saturated heterocycles. The third kappa shape index (κ3) is 3.19. The van der Waals surface area contributed by atoms with Crippen LogP contribution in [0.5, 0.6) is 5.75 Å². The van der Waals surface area contributed by atoms with E-state index in [1.54, 1.807) is 29.2 Å². The van der Waals surface area contributed by atoms with Crippen LogP contribution in [0.1, 0.15) is 21.8 Å². The first-order valence-corrected chi connectivity index (χ1v) is 8.99. The molecule has 0 saturated carbocycles. The Morgan fingerprint density at radius 1 is 1.22 bits per heavy atom. The third-order valence-electron chi connectivity index (χ3n) is 3.70. The molecule has 2 aromatic heterocycles. The lowest BCUT2D eigenvalue weighted by Crippen LogP contribution is -1.93. The first kappa shape index (κ1) is 16.2. The van der Waals surface area contributed by atoms with Gasteiger partial charge in [0.15, 0.2) is 11.6 Å². The maximum absolute atomic E-state index is 13.8. The molecule has 0 aliphatic rings. The van der Waals surface area contributed by atoms with Gasteiger partial charge in [0.25, 0.3) is 0 Å². The number of aryl methyl sites for hydroxylation is 3. The Morgan fingerprint density at radius 2 is 2.00 bits per heavy atom. The van der Waals surface area contributed by atoms with Crippen LogP contribution in [-0.2, 0) is 5.75 Å². The molecule has 3 aromatic rings. The van der Waals surface area contributed by atoms with Crippen LogP contribution in [0.15, 0.2) is 23.2 Å². The SMILES string of the molecule is COc1ccc(CSc2nc(C)nc3sc(C)c(C)c23)cc1F. The van der Waals surface area contributed by atoms with E-state index >= 15 is 0 Å². The van der Waals surface area contributed by atoms with Crippen LogP contribution in [0.25, 0.3) is 10.2 Å². The molecule has 0 aliphatic heterocycles. The highest BCUT2D eigenvalue weighted by molar-refractivity contribution is 7.98. The number of methoxy groups -OCH3 is 1. The second kappa shape index (κ2) is 6.45. The Labute approximate surface area is 142 Å². The van der Waals surface area contributed by atoms with Crippen LogP contribution in [0.4, 0.5) is 4.39 Å². The summed E-state index contributed by atoms with van der Waals surface area (Å²) in [6.45, 7) is 6.11. The van der Waals surface area contributed by atoms with Crippen LogP contribution in [0.3, 0.4) is 0 Å². The summed E-state index contributed by atoms with van der Waals surface area (Å²) in [6, 6.07) is 5.06. The van der Waals surface area contributed by atoms with Crippen LogP contribution >= 0.6 is 23.1 Å². The van der Waals surface area contributed by atoms with E-state index in [0.29, 0.717) is 5.75 Å². The Bertz CT molecular complexity index is 877. The molecular weight excluding hydrogens is 331 g/mol. The van der Waals surface area contributed by atoms with Gasteiger partial charge in [-0.2, -0.15) is 0 Å². The Hall–Kier alpha value is -1.66. The number of nitrogens with zero attached hydrogens (tertiary/aromatic N) is 2. The van der Waals surface area contributed by atoms with Crippen LogP contribution in [-0.4, -0.2) is 17.1 Å². The van der Waals surface area contributed by atoms with Gasteiger partial charge in [-0.3, -0.25) is 0 Å². The largest absolute Gasteiger partial charge is 0.494 e. The average Bonchev–Trinajstić information content (AvgIpc) is 2.79. The number of halogens is 1. The molecule has 0 amide bonds. The third-order valence-corrected chi connectivity index (χ3v) is 5.85. The van der Waals surface area contributed by atoms with E-state index in [-0.39, 0.29) is 11.6 Å². The quantitative estimate of drug-likeness (QED) is 0.488. The van der Waals surface area contributed by atoms with Gasteiger partial charge in [0, 0.05) is 16.0 Å². The summed E-state index contributed by atoms with van der Waals surface area (Å²) in [5.41, 5.74) is 2.13. The summed E-state index contributed by atoms with van der Waals surface area (Å²) < 4.78 is 18.8. The molecule has 3 nitrogen and oxygen atoms in total. The zero-order valence-corrected chi connectivity index (χ0v) is 15.1. The van der Waals surface area contributed by atoms with Gasteiger partial charge in [-0.15, -0.1) is 23.1 Å². The number of aromatic nitrogens is 2. The number of hydrogen-bond donors (Lipinski definition) is 0. The molecule has 1 aromatic carbocycles. The smallest absolute Gasteiger partial charge is 0.165 e. The Balaban J connectivity index is 1.91. The van der Waals surface area contributed by atoms with Crippen molar-refractivity contribution in [3.05, 3.63) is 45.8 Å². The molecule has 0 radical (unpaired) electrons. The number of fused-ring (bicyclic) bond motifs is 1. The van der Waals surface area contributed by atoms with E-state index in [0.717, 1.165) is 26.6 Å². The van der Waals surface area contributed by atoms with E-state index in [1.807, 2.05) is 13.0 Å². The molecule has 0 aliphatic carbocycles. The van der Waals surface area contributed by atoms with E-state index in [2.05, 4.69) is 23.8 Å². The molecule has 0 unspecified atom stereocenters. The zero-order valence-electron chi connectivity index (χ0n) is 13.4. The summed E-state index contributed by atoms with van der Waals surface area (Å²) in [5.74, 6) is 1.35. The summed E-state index contributed by atoms with van der Waals surface area (Å²) in [6.07, 6.45) is 0. The van der Waals surface area contributed by atoms with Crippen molar-refractivity contribution in [2.45, 2.75) is 31.6 Å². The summed E-state index contributed by atoms with van der Waals surface area (Å²) in [5, 5.41) is 2.09. The highest BCUT2D eigenvalue weighted by atomic mass is 32.2. The van der Waals surface area contributed by atoms with Crippen molar-refractivity contribution < 1.29 is 9.13 Å². The molecule has 0 atom stereocenters. The highest BCUT2D eigenvalue weighted by Crippen LogP contribution is 2.36. The van der Waals surface area contributed by atoms with Crippen molar-refractivity contribution in [2.75, 3.05) is 7.11 Å². The predicted octanol–water partition coefficient (Wildman–Crippen LogP) is 5.06. The normalized spacial score (nSPS) is 11.2. The van der Waals surface area contributed by atoms with Crippen molar-refractivity contribution >= 4 is 33.3 Å².